The van der Waals surface area contributed by atoms with Gasteiger partial charge in [-0.3, -0.25) is 4.79 Å². The first-order valence-corrected chi connectivity index (χ1v) is 19.3. The van der Waals surface area contributed by atoms with E-state index in [0.29, 0.717) is 25.2 Å². The van der Waals surface area contributed by atoms with E-state index in [1.54, 1.807) is 25.7 Å². The fraction of sp³-hybridized carbons (Fsp3) is 0.188. The van der Waals surface area contributed by atoms with E-state index >= 15 is 0 Å². The van der Waals surface area contributed by atoms with E-state index in [4.69, 9.17) is 15.0 Å². The molecule has 6 aromatic carbocycles. The molecule has 9 heteroatoms. The second-order valence-electron chi connectivity index (χ2n) is 15.3. The summed E-state index contributed by atoms with van der Waals surface area (Å²) in [6.07, 6.45) is 0.518. The van der Waals surface area contributed by atoms with Crippen molar-refractivity contribution in [3.63, 3.8) is 0 Å². The minimum atomic E-state index is -0.897. The minimum absolute atomic E-state index is 0.175. The van der Waals surface area contributed by atoms with Crippen LogP contribution in [0.15, 0.2) is 164 Å². The van der Waals surface area contributed by atoms with Crippen molar-refractivity contribution >= 4 is 17.7 Å². The smallest absolute Gasteiger partial charge is 0.408 e. The lowest BCUT2D eigenvalue weighted by Gasteiger charge is -2.36. The van der Waals surface area contributed by atoms with E-state index < -0.39 is 23.3 Å². The molecule has 0 aliphatic carbocycles. The number of benzene rings is 6. The number of nitrogens with zero attached hydrogens (tertiary/aromatic N) is 5. The van der Waals surface area contributed by atoms with Crippen LogP contribution in [-0.2, 0) is 28.0 Å². The zero-order chi connectivity index (χ0) is 39.4. The highest BCUT2D eigenvalue weighted by molar-refractivity contribution is 6.00. The molecule has 1 atom stereocenters. The first-order valence-electron chi connectivity index (χ1n) is 19.3. The number of carbonyl (C=O) groups is 2. The summed E-state index contributed by atoms with van der Waals surface area (Å²) >= 11 is 0. The molecule has 0 saturated carbocycles. The first kappa shape index (κ1) is 37.1. The zero-order valence-corrected chi connectivity index (χ0v) is 32.2. The monoisotopic (exact) mass is 752 g/mol. The highest BCUT2D eigenvalue weighted by Crippen LogP contribution is 2.43. The molecule has 0 fully saturated rings. The fourth-order valence-electron chi connectivity index (χ4n) is 7.85. The maximum Gasteiger partial charge on any atom is 0.408 e. The summed E-state index contributed by atoms with van der Waals surface area (Å²) in [6, 6.07) is 54.7. The van der Waals surface area contributed by atoms with Crippen molar-refractivity contribution in [1.29, 1.82) is 0 Å². The number of nitrogens with one attached hydrogen (secondary N) is 1. The Bertz CT molecular complexity index is 2380. The van der Waals surface area contributed by atoms with Crippen LogP contribution in [-0.4, -0.2) is 43.9 Å². The predicted molar refractivity (Wildman–Crippen MR) is 222 cm³/mol. The third-order valence-electron chi connectivity index (χ3n) is 10.4. The van der Waals surface area contributed by atoms with Gasteiger partial charge in [-0.15, -0.1) is 5.10 Å². The lowest BCUT2D eigenvalue weighted by molar-refractivity contribution is -0.120. The van der Waals surface area contributed by atoms with Crippen LogP contribution in [0.5, 0.6) is 0 Å². The highest BCUT2D eigenvalue weighted by Gasteiger charge is 2.42. The molecular weight excluding hydrogens is 709 g/mol. The van der Waals surface area contributed by atoms with Crippen LogP contribution in [0.3, 0.4) is 0 Å². The Morgan fingerprint density at radius 1 is 0.702 bits per heavy atom. The van der Waals surface area contributed by atoms with Gasteiger partial charge in [0.1, 0.15) is 17.2 Å². The molecule has 1 aliphatic rings. The number of rotatable bonds is 9. The second-order valence-corrected chi connectivity index (χ2v) is 15.3. The summed E-state index contributed by atoms with van der Waals surface area (Å²) in [5.74, 6) is 0.437. The summed E-state index contributed by atoms with van der Waals surface area (Å²) < 4.78 is 7.46. The van der Waals surface area contributed by atoms with Crippen LogP contribution in [0.4, 0.5) is 10.5 Å². The lowest BCUT2D eigenvalue weighted by atomic mass is 9.77. The van der Waals surface area contributed by atoms with E-state index in [9.17, 15) is 9.59 Å². The summed E-state index contributed by atoms with van der Waals surface area (Å²) in [6.45, 7) is 5.75. The van der Waals surface area contributed by atoms with Crippen molar-refractivity contribution < 1.29 is 14.3 Å². The van der Waals surface area contributed by atoms with Crippen molar-refractivity contribution in [1.82, 2.24) is 25.5 Å². The highest BCUT2D eigenvalue weighted by atomic mass is 16.6. The van der Waals surface area contributed by atoms with E-state index in [1.165, 1.54) is 0 Å². The van der Waals surface area contributed by atoms with Gasteiger partial charge in [0, 0.05) is 11.3 Å². The molecule has 1 aliphatic heterocycles. The van der Waals surface area contributed by atoms with Gasteiger partial charge < -0.3 is 15.0 Å². The Morgan fingerprint density at radius 3 is 1.84 bits per heavy atom. The average molecular weight is 753 g/mol. The Hall–Kier alpha value is -6.87. The molecule has 0 bridgehead atoms. The molecule has 284 valence electrons. The zero-order valence-electron chi connectivity index (χ0n) is 32.2. The number of fused-ring (bicyclic) bond motifs is 1. The number of alkyl carbamates (subject to hydrolysis) is 1. The molecule has 0 saturated heterocycles. The topological polar surface area (TPSA) is 102 Å². The number of ether oxygens (including phenoxy) is 1. The van der Waals surface area contributed by atoms with Crippen molar-refractivity contribution in [3.05, 3.63) is 192 Å². The normalized spacial score (nSPS) is 14.4. The molecule has 8 rings (SSSR count). The standard InChI is InChI=1S/C48H44N6O3/c1-47(2,3)57-46(56)49-42-32-31-36-17-13-16-26-43(36)53(45(42)55)33-34-27-29-35(30-28-34)40-24-14-15-25-41(40)44-50-51-52-54(44)48(37-18-7-4-8-19-37,38-20-9-5-10-21-38)39-22-11-6-12-23-39/h4-30,42H,31-33H2,1-3H3,(H,49,56). The first-order chi connectivity index (χ1) is 27.7. The van der Waals surface area contributed by atoms with Crippen LogP contribution in [0, 0.1) is 0 Å². The van der Waals surface area contributed by atoms with Gasteiger partial charge in [-0.05, 0) is 89.1 Å². The third-order valence-corrected chi connectivity index (χ3v) is 10.4. The largest absolute Gasteiger partial charge is 0.444 e. The van der Waals surface area contributed by atoms with Gasteiger partial charge in [0.05, 0.1) is 6.54 Å². The Morgan fingerprint density at radius 2 is 1.25 bits per heavy atom. The molecule has 1 N–H and O–H groups in total. The number of hydrogen-bond acceptors (Lipinski definition) is 6. The molecule has 2 heterocycles. The number of anilines is 1. The molecule has 2 amide bonds. The predicted octanol–water partition coefficient (Wildman–Crippen LogP) is 9.22. The summed E-state index contributed by atoms with van der Waals surface area (Å²) in [5.41, 5.74) is 7.13. The number of aromatic nitrogens is 4. The number of para-hydroxylation sites is 1. The molecule has 9 nitrogen and oxygen atoms in total. The minimum Gasteiger partial charge on any atom is -0.444 e. The van der Waals surface area contributed by atoms with Gasteiger partial charge in [0.2, 0.25) is 5.91 Å². The molecule has 0 radical (unpaired) electrons. The summed E-state index contributed by atoms with van der Waals surface area (Å²) in [4.78, 5) is 28.7. The number of tetrazole rings is 1. The van der Waals surface area contributed by atoms with Crippen molar-refractivity contribution in [3.8, 4) is 22.5 Å². The Kier molecular flexibility index (Phi) is 10.2. The van der Waals surface area contributed by atoms with E-state index in [2.05, 4.69) is 71.2 Å². The van der Waals surface area contributed by atoms with Crippen molar-refractivity contribution in [2.24, 2.45) is 0 Å². The molecule has 1 aromatic heterocycles. The van der Waals surface area contributed by atoms with Crippen LogP contribution >= 0.6 is 0 Å². The number of hydrogen-bond donors (Lipinski definition) is 1. The van der Waals surface area contributed by atoms with Crippen LogP contribution < -0.4 is 10.2 Å². The van der Waals surface area contributed by atoms with Crippen molar-refractivity contribution in [2.45, 2.75) is 57.3 Å². The summed E-state index contributed by atoms with van der Waals surface area (Å²) in [5, 5.41) is 16.6. The third kappa shape index (κ3) is 7.44. The van der Waals surface area contributed by atoms with Crippen LogP contribution in [0.25, 0.3) is 22.5 Å². The maximum absolute atomic E-state index is 14.1. The molecular formula is C48H44N6O3. The van der Waals surface area contributed by atoms with Gasteiger partial charge in [-0.2, -0.15) is 0 Å². The maximum atomic E-state index is 14.1. The van der Waals surface area contributed by atoms with E-state index in [-0.39, 0.29) is 5.91 Å². The van der Waals surface area contributed by atoms with E-state index in [0.717, 1.165) is 50.2 Å². The average Bonchev–Trinajstić information content (AvgIpc) is 3.68. The Balaban J connectivity index is 1.16. The fourth-order valence-corrected chi connectivity index (χ4v) is 7.85. The molecule has 57 heavy (non-hydrogen) atoms. The van der Waals surface area contributed by atoms with Crippen LogP contribution in [0.1, 0.15) is 55.0 Å². The van der Waals surface area contributed by atoms with Gasteiger partial charge in [0.25, 0.3) is 0 Å². The van der Waals surface area contributed by atoms with Crippen molar-refractivity contribution in [2.75, 3.05) is 4.90 Å². The van der Waals surface area contributed by atoms with Gasteiger partial charge in [-0.25, -0.2) is 9.48 Å². The van der Waals surface area contributed by atoms with Crippen LogP contribution in [0.2, 0.25) is 0 Å². The molecule has 7 aromatic rings. The molecule has 0 spiro atoms. The van der Waals surface area contributed by atoms with Gasteiger partial charge in [-0.1, -0.05) is 158 Å². The van der Waals surface area contributed by atoms with E-state index in [1.807, 2.05) is 108 Å². The Labute approximate surface area is 333 Å². The van der Waals surface area contributed by atoms with Gasteiger partial charge in [0.15, 0.2) is 5.82 Å². The quantitative estimate of drug-likeness (QED) is 0.148. The second kappa shape index (κ2) is 15.7. The molecule has 1 unspecified atom stereocenters. The summed E-state index contributed by atoms with van der Waals surface area (Å²) in [7, 11) is 0. The lowest BCUT2D eigenvalue weighted by Crippen LogP contribution is -2.49. The SMILES string of the molecule is CC(C)(C)OC(=O)NC1CCc2ccccc2N(Cc2ccc(-c3ccccc3-c3nnnn3C(c3ccccc3)(c3ccccc3)c3ccccc3)cc2)C1=O. The number of amides is 2. The van der Waals surface area contributed by atoms with Gasteiger partial charge >= 0.3 is 6.09 Å². The number of aryl methyl sites for hydroxylation is 1. The number of carbonyl (C=O) groups excluding carboxylic acids is 2.